The molecule has 17 heavy (non-hydrogen) atoms. The van der Waals surface area contributed by atoms with E-state index in [1.165, 1.54) is 6.07 Å². The molecular weight excluding hydrogens is 222 g/mol. The van der Waals surface area contributed by atoms with Crippen LogP contribution in [0.15, 0.2) is 24.3 Å². The van der Waals surface area contributed by atoms with Crippen molar-refractivity contribution in [1.82, 2.24) is 4.98 Å². The molecule has 0 aliphatic carbocycles. The van der Waals surface area contributed by atoms with Crippen molar-refractivity contribution in [3.05, 3.63) is 30.0 Å². The Balaban J connectivity index is 2.54. The molecule has 0 saturated heterocycles. The molecule has 0 bridgehead atoms. The van der Waals surface area contributed by atoms with Gasteiger partial charge in [0.1, 0.15) is 17.0 Å². The van der Waals surface area contributed by atoms with Crippen LogP contribution in [0.4, 0.5) is 0 Å². The van der Waals surface area contributed by atoms with Gasteiger partial charge in [-0.2, -0.15) is 0 Å². The third-order valence-electron chi connectivity index (χ3n) is 2.26. The number of hydrogen-bond donors (Lipinski definition) is 2. The minimum Gasteiger partial charge on any atom is -0.506 e. The molecule has 2 N–H and O–H groups in total. The van der Waals surface area contributed by atoms with Gasteiger partial charge in [-0.15, -0.1) is 0 Å². The van der Waals surface area contributed by atoms with Gasteiger partial charge >= 0.3 is 5.97 Å². The number of aromatic hydroxyl groups is 1. The van der Waals surface area contributed by atoms with Gasteiger partial charge in [0, 0.05) is 17.1 Å². The van der Waals surface area contributed by atoms with Crippen LogP contribution in [-0.2, 0) is 4.79 Å². The lowest BCUT2D eigenvalue weighted by molar-refractivity contribution is -0.139. The third-order valence-corrected chi connectivity index (χ3v) is 2.26. The van der Waals surface area contributed by atoms with Gasteiger partial charge in [0.05, 0.1) is 0 Å². The molecule has 5 heteroatoms. The first-order valence-electron chi connectivity index (χ1n) is 5.02. The second-order valence-electron chi connectivity index (χ2n) is 3.62. The number of phenolic OH excluding ortho intramolecular Hbond substituents is 1. The number of carbonyl (C=O) groups is 1. The minimum atomic E-state index is -1.05. The minimum absolute atomic E-state index is 0.0476. The number of carboxylic acid groups (broad SMARTS) is 1. The molecule has 0 spiro atoms. The van der Waals surface area contributed by atoms with E-state index in [0.717, 1.165) is 0 Å². The van der Waals surface area contributed by atoms with Gasteiger partial charge in [-0.25, -0.2) is 9.78 Å². The summed E-state index contributed by atoms with van der Waals surface area (Å²) >= 11 is 0. The molecular formula is C12H11NO4. The molecule has 0 saturated carbocycles. The molecule has 0 radical (unpaired) electrons. The van der Waals surface area contributed by atoms with Crippen LogP contribution >= 0.6 is 0 Å². The fourth-order valence-electron chi connectivity index (χ4n) is 1.58. The van der Waals surface area contributed by atoms with Crippen LogP contribution < -0.4 is 4.74 Å². The van der Waals surface area contributed by atoms with Gasteiger partial charge in [0.2, 0.25) is 0 Å². The summed E-state index contributed by atoms with van der Waals surface area (Å²) in [6, 6.07) is 6.54. The van der Waals surface area contributed by atoms with Crippen LogP contribution in [0.3, 0.4) is 0 Å². The van der Waals surface area contributed by atoms with Crippen molar-refractivity contribution in [2.75, 3.05) is 6.61 Å². The number of phenols is 1. The number of para-hydroxylation sites is 1. The van der Waals surface area contributed by atoms with E-state index in [2.05, 4.69) is 4.98 Å². The van der Waals surface area contributed by atoms with Crippen LogP contribution in [0.1, 0.15) is 5.69 Å². The summed E-state index contributed by atoms with van der Waals surface area (Å²) in [5.74, 6) is -0.593. The first-order chi connectivity index (χ1) is 8.08. The lowest BCUT2D eigenvalue weighted by Gasteiger charge is -2.09. The van der Waals surface area contributed by atoms with E-state index in [4.69, 9.17) is 9.84 Å². The average molecular weight is 233 g/mol. The van der Waals surface area contributed by atoms with E-state index in [9.17, 15) is 9.90 Å². The highest BCUT2D eigenvalue weighted by molar-refractivity contribution is 5.89. The van der Waals surface area contributed by atoms with Crippen molar-refractivity contribution in [2.45, 2.75) is 6.92 Å². The molecule has 0 aliphatic rings. The molecule has 2 aromatic rings. The van der Waals surface area contributed by atoms with Crippen molar-refractivity contribution < 1.29 is 19.7 Å². The lowest BCUT2D eigenvalue weighted by Crippen LogP contribution is -2.09. The number of fused-ring (bicyclic) bond motifs is 1. The van der Waals surface area contributed by atoms with Gasteiger partial charge in [0.15, 0.2) is 6.61 Å². The Bertz CT molecular complexity index is 580. The number of rotatable bonds is 3. The Morgan fingerprint density at radius 3 is 2.94 bits per heavy atom. The number of aromatic nitrogens is 1. The fraction of sp³-hybridized carbons (Fsp3) is 0.167. The highest BCUT2D eigenvalue weighted by Crippen LogP contribution is 2.30. The summed E-state index contributed by atoms with van der Waals surface area (Å²) in [7, 11) is 0. The Labute approximate surface area is 97.3 Å². The second-order valence-corrected chi connectivity index (χ2v) is 3.62. The summed E-state index contributed by atoms with van der Waals surface area (Å²) in [5, 5.41) is 18.8. The molecule has 2 rings (SSSR count). The number of hydrogen-bond acceptors (Lipinski definition) is 4. The molecule has 1 aromatic heterocycles. The molecule has 88 valence electrons. The molecule has 0 fully saturated rings. The number of pyridine rings is 1. The quantitative estimate of drug-likeness (QED) is 0.843. The largest absolute Gasteiger partial charge is 0.506 e. The Morgan fingerprint density at radius 1 is 1.47 bits per heavy atom. The number of ether oxygens (including phenoxy) is 1. The van der Waals surface area contributed by atoms with E-state index in [1.807, 2.05) is 0 Å². The topological polar surface area (TPSA) is 79.7 Å². The molecule has 0 aliphatic heterocycles. The predicted molar refractivity (Wildman–Crippen MR) is 61.3 cm³/mol. The molecule has 1 heterocycles. The monoisotopic (exact) mass is 233 g/mol. The standard InChI is InChI=1S/C12H11NO4/c1-7-5-10(17-6-11(15)16)8-3-2-4-9(14)12(8)13-7/h2-5,14H,6H2,1H3,(H,15,16). The van der Waals surface area contributed by atoms with E-state index >= 15 is 0 Å². The van der Waals surface area contributed by atoms with Crippen LogP contribution in [-0.4, -0.2) is 27.8 Å². The smallest absolute Gasteiger partial charge is 0.341 e. The van der Waals surface area contributed by atoms with Crippen molar-refractivity contribution in [1.29, 1.82) is 0 Å². The van der Waals surface area contributed by atoms with Crippen LogP contribution in [0, 0.1) is 6.92 Å². The second kappa shape index (κ2) is 4.29. The SMILES string of the molecule is Cc1cc(OCC(=O)O)c2cccc(O)c2n1. The normalized spacial score (nSPS) is 10.4. The summed E-state index contributed by atoms with van der Waals surface area (Å²) in [6.07, 6.45) is 0. The number of aryl methyl sites for hydroxylation is 1. The first-order valence-corrected chi connectivity index (χ1v) is 5.02. The van der Waals surface area contributed by atoms with Crippen molar-refractivity contribution in [2.24, 2.45) is 0 Å². The highest BCUT2D eigenvalue weighted by atomic mass is 16.5. The zero-order chi connectivity index (χ0) is 12.4. The van der Waals surface area contributed by atoms with Gasteiger partial charge in [-0.3, -0.25) is 0 Å². The van der Waals surface area contributed by atoms with Crippen LogP contribution in [0.5, 0.6) is 11.5 Å². The molecule has 0 unspecified atom stereocenters. The first kappa shape index (κ1) is 11.2. The van der Waals surface area contributed by atoms with E-state index in [0.29, 0.717) is 22.3 Å². The van der Waals surface area contributed by atoms with Crippen molar-refractivity contribution >= 4 is 16.9 Å². The maximum atomic E-state index is 10.5. The van der Waals surface area contributed by atoms with Crippen molar-refractivity contribution in [3.8, 4) is 11.5 Å². The number of nitrogens with zero attached hydrogens (tertiary/aromatic N) is 1. The van der Waals surface area contributed by atoms with Gasteiger partial charge in [0.25, 0.3) is 0 Å². The predicted octanol–water partition coefficient (Wildman–Crippen LogP) is 1.71. The Hall–Kier alpha value is -2.30. The van der Waals surface area contributed by atoms with Gasteiger partial charge in [-0.1, -0.05) is 6.07 Å². The number of aliphatic carboxylic acids is 1. The zero-order valence-electron chi connectivity index (χ0n) is 9.17. The number of benzene rings is 1. The molecule has 0 atom stereocenters. The molecule has 5 nitrogen and oxygen atoms in total. The summed E-state index contributed by atoms with van der Waals surface area (Å²) < 4.78 is 5.17. The van der Waals surface area contributed by atoms with Gasteiger partial charge < -0.3 is 14.9 Å². The lowest BCUT2D eigenvalue weighted by atomic mass is 10.1. The fourth-order valence-corrected chi connectivity index (χ4v) is 1.58. The van der Waals surface area contributed by atoms with Gasteiger partial charge in [-0.05, 0) is 19.1 Å². The van der Waals surface area contributed by atoms with E-state index < -0.39 is 12.6 Å². The van der Waals surface area contributed by atoms with E-state index in [1.54, 1.807) is 25.1 Å². The Kier molecular flexibility index (Phi) is 2.82. The third kappa shape index (κ3) is 2.28. The van der Waals surface area contributed by atoms with Crippen molar-refractivity contribution in [3.63, 3.8) is 0 Å². The molecule has 1 aromatic carbocycles. The molecule has 0 amide bonds. The number of carboxylic acids is 1. The van der Waals surface area contributed by atoms with Crippen LogP contribution in [0.2, 0.25) is 0 Å². The average Bonchev–Trinajstić information content (AvgIpc) is 2.27. The maximum Gasteiger partial charge on any atom is 0.341 e. The Morgan fingerprint density at radius 2 is 2.24 bits per heavy atom. The van der Waals surface area contributed by atoms with Crippen LogP contribution in [0.25, 0.3) is 10.9 Å². The summed E-state index contributed by atoms with van der Waals surface area (Å²) in [4.78, 5) is 14.7. The zero-order valence-corrected chi connectivity index (χ0v) is 9.17. The summed E-state index contributed by atoms with van der Waals surface area (Å²) in [6.45, 7) is 1.33. The van der Waals surface area contributed by atoms with E-state index in [-0.39, 0.29) is 5.75 Å². The maximum absolute atomic E-state index is 10.5. The summed E-state index contributed by atoms with van der Waals surface area (Å²) in [5.41, 5.74) is 1.06. The highest BCUT2D eigenvalue weighted by Gasteiger charge is 2.09.